The number of rotatable bonds is 6. The zero-order valence-corrected chi connectivity index (χ0v) is 11.5. The van der Waals surface area contributed by atoms with Crippen LogP contribution in [-0.2, 0) is 0 Å². The van der Waals surface area contributed by atoms with E-state index in [1.54, 1.807) is 0 Å². The number of aromatic nitrogens is 1. The molecular weight excluding hydrogens is 232 g/mol. The molecular formula is C17H22N2. The molecule has 1 fully saturated rings. The first-order valence-electron chi connectivity index (χ1n) is 7.34. The van der Waals surface area contributed by atoms with Crippen molar-refractivity contribution in [1.82, 2.24) is 9.88 Å². The normalized spacial score (nSPS) is 23.2. The Hall–Kier alpha value is -1.54. The van der Waals surface area contributed by atoms with Gasteiger partial charge in [0.05, 0.1) is 6.04 Å². The maximum absolute atomic E-state index is 3.40. The van der Waals surface area contributed by atoms with Crippen LogP contribution in [0.4, 0.5) is 0 Å². The molecule has 1 aromatic carbocycles. The summed E-state index contributed by atoms with van der Waals surface area (Å²) < 4.78 is 0. The Morgan fingerprint density at radius 1 is 1.21 bits per heavy atom. The summed E-state index contributed by atoms with van der Waals surface area (Å²) in [6.45, 7) is 3.46. The third-order valence-electron chi connectivity index (χ3n) is 4.05. The van der Waals surface area contributed by atoms with Gasteiger partial charge < -0.3 is 4.98 Å². The van der Waals surface area contributed by atoms with E-state index in [-0.39, 0.29) is 0 Å². The van der Waals surface area contributed by atoms with Crippen molar-refractivity contribution in [2.75, 3.05) is 6.54 Å². The van der Waals surface area contributed by atoms with Crippen LogP contribution in [0.2, 0.25) is 0 Å². The molecule has 1 saturated heterocycles. The van der Waals surface area contributed by atoms with Gasteiger partial charge in [-0.05, 0) is 24.1 Å². The van der Waals surface area contributed by atoms with E-state index in [0.717, 1.165) is 0 Å². The van der Waals surface area contributed by atoms with E-state index >= 15 is 0 Å². The Balaban J connectivity index is 1.72. The Morgan fingerprint density at radius 3 is 2.74 bits per heavy atom. The number of aromatic amines is 1. The first-order valence-corrected chi connectivity index (χ1v) is 7.34. The van der Waals surface area contributed by atoms with Crippen molar-refractivity contribution in [3.8, 4) is 0 Å². The third kappa shape index (κ3) is 2.74. The number of benzene rings is 1. The highest BCUT2D eigenvalue weighted by Crippen LogP contribution is 2.44. The molecule has 3 rings (SSSR count). The quantitative estimate of drug-likeness (QED) is 0.761. The molecule has 0 amide bonds. The summed E-state index contributed by atoms with van der Waals surface area (Å²) in [5, 5.41) is 0. The molecule has 0 bridgehead atoms. The van der Waals surface area contributed by atoms with Gasteiger partial charge in [0.1, 0.15) is 0 Å². The summed E-state index contributed by atoms with van der Waals surface area (Å²) in [7, 11) is 0. The van der Waals surface area contributed by atoms with Crippen molar-refractivity contribution >= 4 is 0 Å². The van der Waals surface area contributed by atoms with Gasteiger partial charge in [0.25, 0.3) is 0 Å². The molecule has 2 nitrogen and oxygen atoms in total. The van der Waals surface area contributed by atoms with E-state index in [0.29, 0.717) is 12.1 Å². The molecule has 1 aliphatic rings. The van der Waals surface area contributed by atoms with Crippen molar-refractivity contribution in [2.24, 2.45) is 0 Å². The van der Waals surface area contributed by atoms with E-state index in [9.17, 15) is 0 Å². The van der Waals surface area contributed by atoms with E-state index < -0.39 is 0 Å². The van der Waals surface area contributed by atoms with Crippen LogP contribution in [0.25, 0.3) is 0 Å². The van der Waals surface area contributed by atoms with Gasteiger partial charge in [-0.25, -0.2) is 0 Å². The highest BCUT2D eigenvalue weighted by molar-refractivity contribution is 5.26. The lowest BCUT2D eigenvalue weighted by Gasteiger charge is -2.18. The largest absolute Gasteiger partial charge is 0.364 e. The predicted molar refractivity (Wildman–Crippen MR) is 78.9 cm³/mol. The minimum Gasteiger partial charge on any atom is -0.364 e. The summed E-state index contributed by atoms with van der Waals surface area (Å²) >= 11 is 0. The smallest absolute Gasteiger partial charge is 0.0505 e. The SMILES string of the molecule is CCCC[C@@H](c1ccc[nH]1)N1C[C@@H]1c1ccccc1. The fraction of sp³-hybridized carbons (Fsp3) is 0.412. The van der Waals surface area contributed by atoms with Gasteiger partial charge >= 0.3 is 0 Å². The van der Waals surface area contributed by atoms with Crippen LogP contribution in [0.15, 0.2) is 48.7 Å². The number of hydrogen-bond donors (Lipinski definition) is 1. The zero-order valence-electron chi connectivity index (χ0n) is 11.5. The monoisotopic (exact) mass is 254 g/mol. The third-order valence-corrected chi connectivity index (χ3v) is 4.05. The Morgan fingerprint density at radius 2 is 2.05 bits per heavy atom. The van der Waals surface area contributed by atoms with Gasteiger partial charge in [0.2, 0.25) is 0 Å². The van der Waals surface area contributed by atoms with Crippen LogP contribution >= 0.6 is 0 Å². The summed E-state index contributed by atoms with van der Waals surface area (Å²) in [6, 6.07) is 16.4. The zero-order chi connectivity index (χ0) is 13.1. The average molecular weight is 254 g/mol. The second-order valence-corrected chi connectivity index (χ2v) is 5.41. The van der Waals surface area contributed by atoms with Crippen molar-refractivity contribution in [3.63, 3.8) is 0 Å². The van der Waals surface area contributed by atoms with Crippen LogP contribution in [-0.4, -0.2) is 16.4 Å². The maximum Gasteiger partial charge on any atom is 0.0505 e. The minimum atomic E-state index is 0.556. The van der Waals surface area contributed by atoms with Crippen molar-refractivity contribution in [3.05, 3.63) is 59.9 Å². The first kappa shape index (κ1) is 12.5. The second kappa shape index (κ2) is 5.62. The van der Waals surface area contributed by atoms with Crippen LogP contribution in [0.5, 0.6) is 0 Å². The van der Waals surface area contributed by atoms with Crippen molar-refractivity contribution in [2.45, 2.75) is 38.3 Å². The average Bonchev–Trinajstić information content (AvgIpc) is 3.05. The molecule has 19 heavy (non-hydrogen) atoms. The highest BCUT2D eigenvalue weighted by Gasteiger charge is 2.41. The topological polar surface area (TPSA) is 18.8 Å². The number of unbranched alkanes of at least 4 members (excludes halogenated alkanes) is 1. The van der Waals surface area contributed by atoms with Crippen LogP contribution < -0.4 is 0 Å². The molecule has 3 atom stereocenters. The van der Waals surface area contributed by atoms with E-state index in [2.05, 4.69) is 59.3 Å². The molecule has 2 aromatic rings. The predicted octanol–water partition coefficient (Wildman–Crippen LogP) is 4.30. The van der Waals surface area contributed by atoms with Gasteiger partial charge in [-0.1, -0.05) is 50.1 Å². The number of nitrogens with one attached hydrogen (secondary N) is 1. The Labute approximate surface area is 115 Å². The molecule has 0 saturated carbocycles. The van der Waals surface area contributed by atoms with Crippen LogP contribution in [0.1, 0.15) is 49.5 Å². The number of H-pyrrole nitrogens is 1. The van der Waals surface area contributed by atoms with E-state index in [1.807, 2.05) is 6.20 Å². The number of nitrogens with zero attached hydrogens (tertiary/aromatic N) is 1. The first-order chi connectivity index (χ1) is 9.40. The van der Waals surface area contributed by atoms with Gasteiger partial charge in [-0.2, -0.15) is 0 Å². The summed E-state index contributed by atoms with van der Waals surface area (Å²) in [5.41, 5.74) is 2.82. The molecule has 2 heterocycles. The van der Waals surface area contributed by atoms with Gasteiger partial charge in [-0.3, -0.25) is 4.90 Å². The van der Waals surface area contributed by atoms with Crippen LogP contribution in [0.3, 0.4) is 0 Å². The Bertz CT molecular complexity index is 489. The lowest BCUT2D eigenvalue weighted by atomic mass is 10.1. The second-order valence-electron chi connectivity index (χ2n) is 5.41. The van der Waals surface area contributed by atoms with E-state index in [4.69, 9.17) is 0 Å². The highest BCUT2D eigenvalue weighted by atomic mass is 15.3. The summed E-state index contributed by atoms with van der Waals surface area (Å²) in [6.07, 6.45) is 5.85. The van der Waals surface area contributed by atoms with E-state index in [1.165, 1.54) is 37.1 Å². The molecule has 1 aliphatic heterocycles. The molecule has 2 heteroatoms. The molecule has 0 spiro atoms. The fourth-order valence-electron chi connectivity index (χ4n) is 2.92. The summed E-state index contributed by atoms with van der Waals surface area (Å²) in [5.74, 6) is 0. The molecule has 1 aromatic heterocycles. The molecule has 0 radical (unpaired) electrons. The lowest BCUT2D eigenvalue weighted by molar-refractivity contribution is 0.345. The maximum atomic E-state index is 3.40. The molecule has 100 valence electrons. The van der Waals surface area contributed by atoms with Gasteiger partial charge in [-0.15, -0.1) is 0 Å². The number of hydrogen-bond acceptors (Lipinski definition) is 1. The van der Waals surface area contributed by atoms with Crippen molar-refractivity contribution < 1.29 is 0 Å². The molecule has 1 unspecified atom stereocenters. The van der Waals surface area contributed by atoms with Gasteiger partial charge in [0.15, 0.2) is 0 Å². The lowest BCUT2D eigenvalue weighted by Crippen LogP contribution is -2.11. The van der Waals surface area contributed by atoms with Gasteiger partial charge in [0, 0.05) is 24.5 Å². The summed E-state index contributed by atoms with van der Waals surface area (Å²) in [4.78, 5) is 6.01. The molecule has 1 N–H and O–H groups in total. The fourth-order valence-corrected chi connectivity index (χ4v) is 2.92. The van der Waals surface area contributed by atoms with Crippen LogP contribution in [0, 0.1) is 0 Å². The minimum absolute atomic E-state index is 0.556. The Kier molecular flexibility index (Phi) is 3.69. The standard InChI is InChI=1S/C17H22N2/c1-2-3-11-16(15-10-7-12-18-15)19-13-17(19)14-8-5-4-6-9-14/h4-10,12,16-18H,2-3,11,13H2,1H3/t16-,17+,19?/m0/s1. The van der Waals surface area contributed by atoms with Crippen molar-refractivity contribution in [1.29, 1.82) is 0 Å². The molecule has 0 aliphatic carbocycles.